The van der Waals surface area contributed by atoms with E-state index in [-0.39, 0.29) is 5.75 Å². The van der Waals surface area contributed by atoms with Crippen molar-refractivity contribution in [2.75, 3.05) is 0 Å². The van der Waals surface area contributed by atoms with E-state index in [9.17, 15) is 5.11 Å². The Bertz CT molecular complexity index is 729. The fourth-order valence-electron chi connectivity index (χ4n) is 1.99. The van der Waals surface area contributed by atoms with Gasteiger partial charge in [-0.15, -0.1) is 10.2 Å². The number of aromatic hydroxyl groups is 1. The first-order valence-electron chi connectivity index (χ1n) is 5.83. The Kier molecular flexibility index (Phi) is 1.96. The molecular formula is C12H10N4OS. The van der Waals surface area contributed by atoms with E-state index < -0.39 is 0 Å². The molecule has 18 heavy (non-hydrogen) atoms. The lowest BCUT2D eigenvalue weighted by Crippen LogP contribution is -1.93. The van der Waals surface area contributed by atoms with Crippen LogP contribution < -0.4 is 0 Å². The third-order valence-electron chi connectivity index (χ3n) is 3.09. The van der Waals surface area contributed by atoms with Gasteiger partial charge in [-0.25, -0.2) is 0 Å². The van der Waals surface area contributed by atoms with Crippen LogP contribution in [0.4, 0.5) is 0 Å². The molecule has 0 aliphatic heterocycles. The predicted octanol–water partition coefficient (Wildman–Crippen LogP) is 2.44. The standard InChI is InChI=1S/C12H10N4OS/c17-9-4-2-1-3-8(9)11-15-16-10(7-5-6-7)13-14-12(16)18-11/h1-4,7,17H,5-6H2. The van der Waals surface area contributed by atoms with E-state index in [2.05, 4.69) is 15.3 Å². The lowest BCUT2D eigenvalue weighted by atomic mass is 10.2. The Hall–Kier alpha value is -1.95. The van der Waals surface area contributed by atoms with Crippen molar-refractivity contribution in [2.24, 2.45) is 0 Å². The van der Waals surface area contributed by atoms with E-state index in [1.807, 2.05) is 16.6 Å². The van der Waals surface area contributed by atoms with Crippen molar-refractivity contribution in [3.8, 4) is 16.3 Å². The molecule has 1 aromatic carbocycles. The Morgan fingerprint density at radius 2 is 2.06 bits per heavy atom. The molecule has 1 N–H and O–H groups in total. The van der Waals surface area contributed by atoms with Crippen LogP contribution in [0.5, 0.6) is 5.75 Å². The van der Waals surface area contributed by atoms with Crippen molar-refractivity contribution in [3.63, 3.8) is 0 Å². The first-order valence-corrected chi connectivity index (χ1v) is 6.65. The fourth-order valence-corrected chi connectivity index (χ4v) is 2.87. The molecule has 0 amide bonds. The van der Waals surface area contributed by atoms with Crippen LogP contribution in [-0.4, -0.2) is 24.9 Å². The van der Waals surface area contributed by atoms with Crippen molar-refractivity contribution >= 4 is 16.3 Å². The van der Waals surface area contributed by atoms with Crippen molar-refractivity contribution in [1.29, 1.82) is 0 Å². The van der Waals surface area contributed by atoms with Crippen LogP contribution in [0.3, 0.4) is 0 Å². The van der Waals surface area contributed by atoms with E-state index in [1.165, 1.54) is 24.2 Å². The van der Waals surface area contributed by atoms with Gasteiger partial charge >= 0.3 is 0 Å². The minimum absolute atomic E-state index is 0.246. The Balaban J connectivity index is 1.89. The summed E-state index contributed by atoms with van der Waals surface area (Å²) >= 11 is 1.45. The zero-order valence-electron chi connectivity index (χ0n) is 9.45. The minimum Gasteiger partial charge on any atom is -0.507 e. The van der Waals surface area contributed by atoms with Crippen LogP contribution in [-0.2, 0) is 0 Å². The number of rotatable bonds is 2. The highest BCUT2D eigenvalue weighted by Crippen LogP contribution is 2.40. The van der Waals surface area contributed by atoms with E-state index in [4.69, 9.17) is 0 Å². The zero-order valence-corrected chi connectivity index (χ0v) is 10.3. The molecular weight excluding hydrogens is 248 g/mol. The van der Waals surface area contributed by atoms with E-state index >= 15 is 0 Å². The van der Waals surface area contributed by atoms with Gasteiger partial charge in [-0.2, -0.15) is 9.61 Å². The van der Waals surface area contributed by atoms with Crippen LogP contribution in [0.25, 0.3) is 15.5 Å². The highest BCUT2D eigenvalue weighted by atomic mass is 32.1. The van der Waals surface area contributed by atoms with Gasteiger partial charge in [-0.3, -0.25) is 0 Å². The largest absolute Gasteiger partial charge is 0.507 e. The molecule has 0 bridgehead atoms. The normalized spacial score (nSPS) is 15.3. The van der Waals surface area contributed by atoms with Gasteiger partial charge in [0.2, 0.25) is 4.96 Å². The molecule has 6 heteroatoms. The van der Waals surface area contributed by atoms with Gasteiger partial charge < -0.3 is 5.11 Å². The van der Waals surface area contributed by atoms with E-state index in [0.29, 0.717) is 5.92 Å². The minimum atomic E-state index is 0.246. The summed E-state index contributed by atoms with van der Waals surface area (Å²) in [5.41, 5.74) is 0.745. The quantitative estimate of drug-likeness (QED) is 0.766. The predicted molar refractivity (Wildman–Crippen MR) is 67.7 cm³/mol. The fraction of sp³-hybridized carbons (Fsp3) is 0.250. The molecule has 4 rings (SSSR count). The molecule has 2 heterocycles. The van der Waals surface area contributed by atoms with Gasteiger partial charge in [0.05, 0.1) is 5.56 Å². The van der Waals surface area contributed by atoms with Crippen LogP contribution in [0, 0.1) is 0 Å². The number of fused-ring (bicyclic) bond motifs is 1. The molecule has 5 nitrogen and oxygen atoms in total. The van der Waals surface area contributed by atoms with Crippen LogP contribution in [0.1, 0.15) is 24.6 Å². The number of hydrogen-bond donors (Lipinski definition) is 1. The SMILES string of the molecule is Oc1ccccc1-c1nn2c(C3CC3)nnc2s1. The van der Waals surface area contributed by atoms with Crippen LogP contribution in [0.15, 0.2) is 24.3 Å². The lowest BCUT2D eigenvalue weighted by Gasteiger charge is -1.98. The van der Waals surface area contributed by atoms with Gasteiger partial charge in [0.1, 0.15) is 5.75 Å². The number of phenols is 1. The first-order chi connectivity index (χ1) is 8.83. The maximum atomic E-state index is 9.84. The summed E-state index contributed by atoms with van der Waals surface area (Å²) in [4.78, 5) is 0.787. The smallest absolute Gasteiger partial charge is 0.234 e. The van der Waals surface area contributed by atoms with Crippen molar-refractivity contribution in [3.05, 3.63) is 30.1 Å². The second-order valence-electron chi connectivity index (χ2n) is 4.45. The highest BCUT2D eigenvalue weighted by molar-refractivity contribution is 7.19. The highest BCUT2D eigenvalue weighted by Gasteiger charge is 2.30. The summed E-state index contributed by atoms with van der Waals surface area (Å²) in [6.07, 6.45) is 2.34. The van der Waals surface area contributed by atoms with Gasteiger partial charge in [0, 0.05) is 5.92 Å². The molecule has 0 spiro atoms. The van der Waals surface area contributed by atoms with Crippen molar-refractivity contribution in [1.82, 2.24) is 19.8 Å². The number of phenolic OH excluding ortho intramolecular Hbond substituents is 1. The molecule has 0 atom stereocenters. The molecule has 1 aliphatic rings. The Morgan fingerprint density at radius 3 is 2.83 bits per heavy atom. The first kappa shape index (κ1) is 10.0. The molecule has 90 valence electrons. The average molecular weight is 258 g/mol. The Labute approximate surface area is 107 Å². The summed E-state index contributed by atoms with van der Waals surface area (Å²) in [6.45, 7) is 0. The summed E-state index contributed by atoms with van der Waals surface area (Å²) < 4.78 is 1.81. The topological polar surface area (TPSA) is 63.3 Å². The maximum Gasteiger partial charge on any atom is 0.234 e. The molecule has 1 saturated carbocycles. The average Bonchev–Trinajstić information content (AvgIpc) is 3.00. The summed E-state index contributed by atoms with van der Waals surface area (Å²) in [6, 6.07) is 7.21. The third-order valence-corrected chi connectivity index (χ3v) is 4.02. The molecule has 3 aromatic rings. The van der Waals surface area contributed by atoms with E-state index in [1.54, 1.807) is 12.1 Å². The molecule has 1 fully saturated rings. The lowest BCUT2D eigenvalue weighted by molar-refractivity contribution is 0.477. The van der Waals surface area contributed by atoms with Gasteiger partial charge in [0.15, 0.2) is 10.8 Å². The molecule has 0 radical (unpaired) electrons. The molecule has 2 aromatic heterocycles. The van der Waals surface area contributed by atoms with Crippen LogP contribution in [0.2, 0.25) is 0 Å². The second kappa shape index (κ2) is 3.52. The second-order valence-corrected chi connectivity index (χ2v) is 5.41. The Morgan fingerprint density at radius 1 is 1.22 bits per heavy atom. The van der Waals surface area contributed by atoms with E-state index in [0.717, 1.165) is 21.4 Å². The van der Waals surface area contributed by atoms with Gasteiger partial charge in [-0.05, 0) is 25.0 Å². The van der Waals surface area contributed by atoms with Gasteiger partial charge in [0.25, 0.3) is 0 Å². The third kappa shape index (κ3) is 1.42. The summed E-state index contributed by atoms with van der Waals surface area (Å²) in [5, 5.41) is 23.4. The zero-order chi connectivity index (χ0) is 12.1. The number of benzene rings is 1. The van der Waals surface area contributed by atoms with Crippen molar-refractivity contribution in [2.45, 2.75) is 18.8 Å². The molecule has 1 aliphatic carbocycles. The van der Waals surface area contributed by atoms with Crippen molar-refractivity contribution < 1.29 is 5.11 Å². The molecule has 0 saturated heterocycles. The number of aromatic nitrogens is 4. The summed E-state index contributed by atoms with van der Waals surface area (Å²) in [5.74, 6) is 1.71. The number of hydrogen-bond acceptors (Lipinski definition) is 5. The number of para-hydroxylation sites is 1. The summed E-state index contributed by atoms with van der Waals surface area (Å²) in [7, 11) is 0. The van der Waals surface area contributed by atoms with Gasteiger partial charge in [-0.1, -0.05) is 23.5 Å². The maximum absolute atomic E-state index is 9.84. The number of nitrogens with zero attached hydrogens (tertiary/aromatic N) is 4. The van der Waals surface area contributed by atoms with Crippen LogP contribution >= 0.6 is 11.3 Å². The monoisotopic (exact) mass is 258 g/mol. The molecule has 0 unspecified atom stereocenters.